The molecule has 0 saturated heterocycles. The minimum atomic E-state index is -0.495. The molecule has 4 heteroatoms. The van der Waals surface area contributed by atoms with Crippen LogP contribution in [-0.4, -0.2) is 18.9 Å². The number of hydrazone groups is 1. The smallest absolute Gasteiger partial charge is 0.435 e. The molecule has 0 spiro atoms. The topological polar surface area (TPSA) is 41.9 Å². The molecule has 0 saturated carbocycles. The molecular weight excluding hydrogens is 252 g/mol. The molecule has 0 radical (unpaired) electrons. The summed E-state index contributed by atoms with van der Waals surface area (Å²) >= 11 is 0. The van der Waals surface area contributed by atoms with E-state index in [0.717, 1.165) is 5.56 Å². The number of carbonyl (C=O) groups excluding carboxylic acids is 1. The van der Waals surface area contributed by atoms with Gasteiger partial charge in [-0.1, -0.05) is 48.5 Å². The van der Waals surface area contributed by atoms with E-state index in [4.69, 9.17) is 4.74 Å². The van der Waals surface area contributed by atoms with Crippen LogP contribution in [0.3, 0.4) is 0 Å². The fourth-order valence-corrected chi connectivity index (χ4v) is 1.64. The van der Waals surface area contributed by atoms with Crippen molar-refractivity contribution in [1.29, 1.82) is 0 Å². The zero-order valence-electron chi connectivity index (χ0n) is 11.3. The Morgan fingerprint density at radius 2 is 1.70 bits per heavy atom. The van der Waals surface area contributed by atoms with Crippen molar-refractivity contribution in [3.63, 3.8) is 0 Å². The van der Waals surface area contributed by atoms with E-state index in [2.05, 4.69) is 5.10 Å². The van der Waals surface area contributed by atoms with Gasteiger partial charge in [0.25, 0.3) is 0 Å². The van der Waals surface area contributed by atoms with E-state index in [0.29, 0.717) is 12.3 Å². The third-order valence-corrected chi connectivity index (χ3v) is 2.56. The van der Waals surface area contributed by atoms with E-state index in [1.165, 1.54) is 5.01 Å². The molecule has 1 amide bonds. The average Bonchev–Trinajstić information content (AvgIpc) is 2.50. The van der Waals surface area contributed by atoms with Crippen LogP contribution in [0.25, 0.3) is 0 Å². The zero-order valence-corrected chi connectivity index (χ0v) is 11.3. The molecule has 2 aromatic rings. The number of benzene rings is 2. The molecule has 0 heterocycles. The van der Waals surface area contributed by atoms with Crippen molar-refractivity contribution in [1.82, 2.24) is 0 Å². The third-order valence-electron chi connectivity index (χ3n) is 2.56. The molecular formula is C16H16N2O2. The van der Waals surface area contributed by atoms with Crippen LogP contribution in [0.5, 0.6) is 0 Å². The van der Waals surface area contributed by atoms with Gasteiger partial charge >= 0.3 is 6.09 Å². The van der Waals surface area contributed by atoms with Gasteiger partial charge in [-0.05, 0) is 24.6 Å². The highest BCUT2D eigenvalue weighted by molar-refractivity contribution is 5.90. The van der Waals surface area contributed by atoms with Crippen LogP contribution < -0.4 is 5.01 Å². The molecule has 0 N–H and O–H groups in total. The van der Waals surface area contributed by atoms with Crippen LogP contribution in [0, 0.1) is 0 Å². The van der Waals surface area contributed by atoms with Crippen molar-refractivity contribution in [2.75, 3.05) is 11.6 Å². The monoisotopic (exact) mass is 268 g/mol. The van der Waals surface area contributed by atoms with Crippen LogP contribution in [0.2, 0.25) is 0 Å². The maximum atomic E-state index is 12.0. The number of carbonyl (C=O) groups is 1. The number of ether oxygens (including phenoxy) is 1. The summed E-state index contributed by atoms with van der Waals surface area (Å²) in [4.78, 5) is 12.0. The highest BCUT2D eigenvalue weighted by atomic mass is 16.6. The summed E-state index contributed by atoms with van der Waals surface area (Å²) in [6, 6.07) is 18.8. The predicted molar refractivity (Wildman–Crippen MR) is 80.0 cm³/mol. The molecule has 0 fully saturated rings. The molecule has 2 rings (SSSR count). The SMILES string of the molecule is CCOC(=O)N(N=Cc1ccccc1)c1ccccc1. The number of hydrogen-bond donors (Lipinski definition) is 0. The van der Waals surface area contributed by atoms with E-state index in [-0.39, 0.29) is 0 Å². The first-order valence-corrected chi connectivity index (χ1v) is 6.42. The van der Waals surface area contributed by atoms with Crippen molar-refractivity contribution >= 4 is 18.0 Å². The van der Waals surface area contributed by atoms with Crippen molar-refractivity contribution < 1.29 is 9.53 Å². The molecule has 0 bridgehead atoms. The highest BCUT2D eigenvalue weighted by Crippen LogP contribution is 2.15. The van der Waals surface area contributed by atoms with Gasteiger partial charge in [-0.25, -0.2) is 4.79 Å². The molecule has 0 atom stereocenters. The predicted octanol–water partition coefficient (Wildman–Crippen LogP) is 3.68. The third kappa shape index (κ3) is 3.68. The Balaban J connectivity index is 2.23. The number of hydrogen-bond acceptors (Lipinski definition) is 3. The van der Waals surface area contributed by atoms with Crippen molar-refractivity contribution in [3.05, 3.63) is 66.2 Å². The Hall–Kier alpha value is -2.62. The summed E-state index contributed by atoms with van der Waals surface area (Å²) in [5.74, 6) is 0. The lowest BCUT2D eigenvalue weighted by atomic mass is 10.2. The van der Waals surface area contributed by atoms with Crippen LogP contribution in [0.4, 0.5) is 10.5 Å². The maximum absolute atomic E-state index is 12.0. The number of amides is 1. The molecule has 0 aromatic heterocycles. The van der Waals surface area contributed by atoms with Gasteiger partial charge in [0.2, 0.25) is 0 Å². The summed E-state index contributed by atoms with van der Waals surface area (Å²) in [7, 11) is 0. The van der Waals surface area contributed by atoms with Crippen LogP contribution in [-0.2, 0) is 4.74 Å². The second-order valence-corrected chi connectivity index (χ2v) is 4.00. The lowest BCUT2D eigenvalue weighted by Crippen LogP contribution is -2.26. The number of anilines is 1. The fraction of sp³-hybridized carbons (Fsp3) is 0.125. The van der Waals surface area contributed by atoms with Gasteiger partial charge in [-0.3, -0.25) is 0 Å². The largest absolute Gasteiger partial charge is 0.448 e. The van der Waals surface area contributed by atoms with Gasteiger partial charge in [0.15, 0.2) is 0 Å². The van der Waals surface area contributed by atoms with Crippen molar-refractivity contribution in [2.45, 2.75) is 6.92 Å². The lowest BCUT2D eigenvalue weighted by molar-refractivity contribution is 0.160. The van der Waals surface area contributed by atoms with Gasteiger partial charge in [0, 0.05) is 0 Å². The summed E-state index contributed by atoms with van der Waals surface area (Å²) in [5.41, 5.74) is 1.58. The van der Waals surface area contributed by atoms with E-state index in [1.54, 1.807) is 25.3 Å². The van der Waals surface area contributed by atoms with Crippen LogP contribution in [0.1, 0.15) is 12.5 Å². The second kappa shape index (κ2) is 7.09. The van der Waals surface area contributed by atoms with E-state index < -0.39 is 6.09 Å². The maximum Gasteiger partial charge on any atom is 0.435 e. The van der Waals surface area contributed by atoms with Gasteiger partial charge in [0.1, 0.15) is 0 Å². The van der Waals surface area contributed by atoms with Crippen LogP contribution >= 0.6 is 0 Å². The summed E-state index contributed by atoms with van der Waals surface area (Å²) in [6.45, 7) is 2.07. The summed E-state index contributed by atoms with van der Waals surface area (Å²) in [5, 5.41) is 5.46. The first kappa shape index (κ1) is 13.8. The summed E-state index contributed by atoms with van der Waals surface area (Å²) < 4.78 is 5.02. The zero-order chi connectivity index (χ0) is 14.2. The Bertz CT molecular complexity index is 568. The normalized spacial score (nSPS) is 10.4. The van der Waals surface area contributed by atoms with E-state index in [9.17, 15) is 4.79 Å². The van der Waals surface area contributed by atoms with E-state index in [1.807, 2.05) is 48.5 Å². The van der Waals surface area contributed by atoms with Crippen LogP contribution in [0.15, 0.2) is 65.8 Å². The minimum absolute atomic E-state index is 0.309. The number of rotatable bonds is 4. The molecule has 0 aliphatic carbocycles. The van der Waals surface area contributed by atoms with Crippen molar-refractivity contribution in [3.8, 4) is 0 Å². The molecule has 20 heavy (non-hydrogen) atoms. The van der Waals surface area contributed by atoms with Crippen molar-refractivity contribution in [2.24, 2.45) is 5.10 Å². The number of nitrogens with zero attached hydrogens (tertiary/aromatic N) is 2. The Labute approximate surface area is 118 Å². The Morgan fingerprint density at radius 3 is 2.30 bits per heavy atom. The molecule has 0 aliphatic rings. The van der Waals surface area contributed by atoms with Gasteiger partial charge < -0.3 is 4.74 Å². The quantitative estimate of drug-likeness (QED) is 0.627. The summed E-state index contributed by atoms with van der Waals surface area (Å²) in [6.07, 6.45) is 1.13. The molecule has 2 aromatic carbocycles. The molecule has 4 nitrogen and oxygen atoms in total. The fourth-order valence-electron chi connectivity index (χ4n) is 1.64. The van der Waals surface area contributed by atoms with Gasteiger partial charge in [0.05, 0.1) is 18.5 Å². The van der Waals surface area contributed by atoms with Gasteiger partial charge in [-0.15, -0.1) is 0 Å². The second-order valence-electron chi connectivity index (χ2n) is 4.00. The molecule has 0 aliphatic heterocycles. The first-order chi connectivity index (χ1) is 9.81. The lowest BCUT2D eigenvalue weighted by Gasteiger charge is -2.16. The first-order valence-electron chi connectivity index (χ1n) is 6.42. The van der Waals surface area contributed by atoms with E-state index >= 15 is 0 Å². The molecule has 102 valence electrons. The van der Waals surface area contributed by atoms with Gasteiger partial charge in [-0.2, -0.15) is 10.1 Å². The number of para-hydroxylation sites is 1. The highest BCUT2D eigenvalue weighted by Gasteiger charge is 2.15. The minimum Gasteiger partial charge on any atom is -0.448 e. The average molecular weight is 268 g/mol. The Morgan fingerprint density at radius 1 is 1.10 bits per heavy atom. The molecule has 0 unspecified atom stereocenters. The Kier molecular flexibility index (Phi) is 4.89. The standard InChI is InChI=1S/C16H16N2O2/c1-2-20-16(19)18(15-11-7-4-8-12-15)17-13-14-9-5-3-6-10-14/h3-13H,2H2,1H3.